The van der Waals surface area contributed by atoms with Gasteiger partial charge in [-0.25, -0.2) is 0 Å². The smallest absolute Gasteiger partial charge is 0.119 e. The van der Waals surface area contributed by atoms with Crippen LogP contribution in [-0.2, 0) is 0 Å². The average molecular weight is 248 g/mol. The second-order valence-electron chi connectivity index (χ2n) is 4.86. The molecule has 1 aromatic rings. The summed E-state index contributed by atoms with van der Waals surface area (Å²) in [4.78, 5) is 0. The lowest BCUT2D eigenvalue weighted by Gasteiger charge is -2.31. The monoisotopic (exact) mass is 248 g/mol. The molecule has 1 atom stereocenters. The van der Waals surface area contributed by atoms with Crippen LogP contribution in [0.4, 0.5) is 0 Å². The van der Waals surface area contributed by atoms with Crippen molar-refractivity contribution in [1.82, 2.24) is 10.6 Å². The van der Waals surface area contributed by atoms with E-state index in [1.807, 2.05) is 6.92 Å². The molecule has 1 fully saturated rings. The van der Waals surface area contributed by atoms with Gasteiger partial charge in [-0.15, -0.1) is 0 Å². The van der Waals surface area contributed by atoms with Gasteiger partial charge >= 0.3 is 0 Å². The first-order valence-corrected chi connectivity index (χ1v) is 6.96. The maximum Gasteiger partial charge on any atom is 0.119 e. The molecule has 2 rings (SSSR count). The van der Waals surface area contributed by atoms with E-state index in [2.05, 4.69) is 41.9 Å². The molecular weight excluding hydrogens is 224 g/mol. The molecule has 1 aliphatic rings. The zero-order valence-electron chi connectivity index (χ0n) is 11.4. The fraction of sp³-hybridized carbons (Fsp3) is 0.600. The molecule has 18 heavy (non-hydrogen) atoms. The van der Waals surface area contributed by atoms with Crippen LogP contribution in [0.5, 0.6) is 5.75 Å². The second-order valence-corrected chi connectivity index (χ2v) is 4.86. The zero-order chi connectivity index (χ0) is 12.8. The molecule has 3 heteroatoms. The van der Waals surface area contributed by atoms with E-state index < -0.39 is 0 Å². The van der Waals surface area contributed by atoms with Crippen molar-refractivity contribution in [1.29, 1.82) is 0 Å². The molecule has 3 nitrogen and oxygen atoms in total. The Labute approximate surface area is 110 Å². The van der Waals surface area contributed by atoms with Crippen LogP contribution in [-0.4, -0.2) is 26.7 Å². The van der Waals surface area contributed by atoms with Gasteiger partial charge in [0.05, 0.1) is 6.61 Å². The minimum Gasteiger partial charge on any atom is -0.494 e. The minimum atomic E-state index is 0.461. The Morgan fingerprint density at radius 3 is 2.50 bits per heavy atom. The fourth-order valence-electron chi connectivity index (χ4n) is 2.79. The maximum atomic E-state index is 5.49. The summed E-state index contributed by atoms with van der Waals surface area (Å²) in [5.41, 5.74) is 1.37. The van der Waals surface area contributed by atoms with E-state index in [-0.39, 0.29) is 0 Å². The van der Waals surface area contributed by atoms with Crippen LogP contribution >= 0.6 is 0 Å². The Morgan fingerprint density at radius 2 is 1.94 bits per heavy atom. The second kappa shape index (κ2) is 6.76. The number of ether oxygens (including phenoxy) is 1. The summed E-state index contributed by atoms with van der Waals surface area (Å²) in [5, 5.41) is 6.89. The summed E-state index contributed by atoms with van der Waals surface area (Å²) in [7, 11) is 2.06. The van der Waals surface area contributed by atoms with Crippen molar-refractivity contribution < 1.29 is 4.74 Å². The molecule has 1 aromatic carbocycles. The molecule has 100 valence electrons. The number of nitrogens with one attached hydrogen (secondary N) is 2. The lowest BCUT2D eigenvalue weighted by molar-refractivity contribution is 0.293. The van der Waals surface area contributed by atoms with Gasteiger partial charge in [-0.1, -0.05) is 12.1 Å². The van der Waals surface area contributed by atoms with Gasteiger partial charge in [0.25, 0.3) is 0 Å². The zero-order valence-corrected chi connectivity index (χ0v) is 11.4. The average Bonchev–Trinajstić information content (AvgIpc) is 2.43. The van der Waals surface area contributed by atoms with Gasteiger partial charge in [-0.3, -0.25) is 0 Å². The summed E-state index contributed by atoms with van der Waals surface area (Å²) in [6.45, 7) is 5.02. The minimum absolute atomic E-state index is 0.461. The molecule has 1 aliphatic heterocycles. The Bertz CT molecular complexity index is 344. The largest absolute Gasteiger partial charge is 0.494 e. The van der Waals surface area contributed by atoms with Crippen molar-refractivity contribution in [3.8, 4) is 5.75 Å². The fourth-order valence-corrected chi connectivity index (χ4v) is 2.79. The van der Waals surface area contributed by atoms with Crippen molar-refractivity contribution in [3.63, 3.8) is 0 Å². The van der Waals surface area contributed by atoms with Crippen molar-refractivity contribution in [2.45, 2.75) is 25.8 Å². The van der Waals surface area contributed by atoms with Gasteiger partial charge in [0.1, 0.15) is 5.75 Å². The highest BCUT2D eigenvalue weighted by Gasteiger charge is 2.23. The van der Waals surface area contributed by atoms with Gasteiger partial charge in [-0.05, 0) is 63.5 Å². The molecule has 0 amide bonds. The van der Waals surface area contributed by atoms with Gasteiger partial charge in [0.15, 0.2) is 0 Å². The quantitative estimate of drug-likeness (QED) is 0.839. The van der Waals surface area contributed by atoms with Crippen LogP contribution in [0, 0.1) is 5.92 Å². The molecule has 0 aromatic heterocycles. The normalized spacial score (nSPS) is 18.6. The molecule has 0 radical (unpaired) electrons. The number of hydrogen-bond donors (Lipinski definition) is 2. The van der Waals surface area contributed by atoms with E-state index >= 15 is 0 Å². The molecule has 1 unspecified atom stereocenters. The number of hydrogen-bond acceptors (Lipinski definition) is 3. The predicted molar refractivity (Wildman–Crippen MR) is 75.0 cm³/mol. The maximum absolute atomic E-state index is 5.49. The predicted octanol–water partition coefficient (Wildman–Crippen LogP) is 2.35. The molecule has 1 heterocycles. The Morgan fingerprint density at radius 1 is 1.28 bits per heavy atom. The summed E-state index contributed by atoms with van der Waals surface area (Å²) in [6, 6.07) is 8.99. The Hall–Kier alpha value is -1.06. The highest BCUT2D eigenvalue weighted by Crippen LogP contribution is 2.29. The van der Waals surface area contributed by atoms with E-state index in [4.69, 9.17) is 4.74 Å². The van der Waals surface area contributed by atoms with Crippen LogP contribution in [0.1, 0.15) is 31.4 Å². The lowest BCUT2D eigenvalue weighted by Crippen LogP contribution is -2.35. The van der Waals surface area contributed by atoms with Crippen LogP contribution < -0.4 is 15.4 Å². The summed E-state index contributed by atoms with van der Waals surface area (Å²) in [6.07, 6.45) is 2.50. The third-order valence-electron chi connectivity index (χ3n) is 3.72. The van der Waals surface area contributed by atoms with Crippen LogP contribution in [0.3, 0.4) is 0 Å². The summed E-state index contributed by atoms with van der Waals surface area (Å²) in [5.74, 6) is 1.69. The summed E-state index contributed by atoms with van der Waals surface area (Å²) >= 11 is 0. The van der Waals surface area contributed by atoms with E-state index in [9.17, 15) is 0 Å². The van der Waals surface area contributed by atoms with Crippen LogP contribution in [0.25, 0.3) is 0 Å². The summed E-state index contributed by atoms with van der Waals surface area (Å²) < 4.78 is 5.49. The molecular formula is C15H24N2O. The molecule has 2 N–H and O–H groups in total. The third kappa shape index (κ3) is 3.24. The molecule has 0 spiro atoms. The molecule has 0 saturated carbocycles. The van der Waals surface area contributed by atoms with E-state index in [1.54, 1.807) is 0 Å². The van der Waals surface area contributed by atoms with Crippen molar-refractivity contribution in [2.75, 3.05) is 26.7 Å². The van der Waals surface area contributed by atoms with Gasteiger partial charge in [0.2, 0.25) is 0 Å². The van der Waals surface area contributed by atoms with Crippen molar-refractivity contribution in [2.24, 2.45) is 5.92 Å². The SMILES string of the molecule is CCOc1ccc(C(NC)C2CCNCC2)cc1. The highest BCUT2D eigenvalue weighted by molar-refractivity contribution is 5.29. The first-order valence-electron chi connectivity index (χ1n) is 6.96. The van der Waals surface area contributed by atoms with Crippen molar-refractivity contribution in [3.05, 3.63) is 29.8 Å². The lowest BCUT2D eigenvalue weighted by atomic mass is 9.86. The molecule has 1 saturated heterocycles. The molecule has 0 aliphatic carbocycles. The Balaban J connectivity index is 2.06. The first-order chi connectivity index (χ1) is 8.85. The number of benzene rings is 1. The van der Waals surface area contributed by atoms with Gasteiger partial charge < -0.3 is 15.4 Å². The van der Waals surface area contributed by atoms with Gasteiger partial charge in [0, 0.05) is 6.04 Å². The number of piperidine rings is 1. The van der Waals surface area contributed by atoms with E-state index in [0.29, 0.717) is 6.04 Å². The first kappa shape index (κ1) is 13.4. The van der Waals surface area contributed by atoms with Crippen LogP contribution in [0.15, 0.2) is 24.3 Å². The number of rotatable bonds is 5. The standard InChI is InChI=1S/C15H24N2O/c1-3-18-14-6-4-12(5-7-14)15(16-2)13-8-10-17-11-9-13/h4-7,13,15-17H,3,8-11H2,1-2H3. The van der Waals surface area contributed by atoms with Gasteiger partial charge in [-0.2, -0.15) is 0 Å². The van der Waals surface area contributed by atoms with E-state index in [1.165, 1.54) is 18.4 Å². The molecule has 0 bridgehead atoms. The highest BCUT2D eigenvalue weighted by atomic mass is 16.5. The van der Waals surface area contributed by atoms with E-state index in [0.717, 1.165) is 31.4 Å². The van der Waals surface area contributed by atoms with Crippen LogP contribution in [0.2, 0.25) is 0 Å². The van der Waals surface area contributed by atoms with Crippen molar-refractivity contribution >= 4 is 0 Å². The topological polar surface area (TPSA) is 33.3 Å². The third-order valence-corrected chi connectivity index (χ3v) is 3.72. The Kier molecular flexibility index (Phi) is 5.02.